The van der Waals surface area contributed by atoms with Gasteiger partial charge in [-0.3, -0.25) is 4.79 Å². The van der Waals surface area contributed by atoms with Gasteiger partial charge in [0.2, 0.25) is 5.91 Å². The Hall–Kier alpha value is -0.920. The number of hydrogen-bond donors (Lipinski definition) is 3. The van der Waals surface area contributed by atoms with Gasteiger partial charge in [-0.25, -0.2) is 0 Å². The van der Waals surface area contributed by atoms with Gasteiger partial charge in [0.15, 0.2) is 0 Å². The van der Waals surface area contributed by atoms with Gasteiger partial charge in [-0.1, -0.05) is 17.7 Å². The fourth-order valence-corrected chi connectivity index (χ4v) is 3.66. The number of carbonyl (C=O) groups excluding carboxylic acids is 1. The van der Waals surface area contributed by atoms with Crippen LogP contribution >= 0.6 is 34.3 Å². The van der Waals surface area contributed by atoms with Crippen LogP contribution in [-0.4, -0.2) is 23.7 Å². The lowest BCUT2D eigenvalue weighted by Crippen LogP contribution is -2.39. The summed E-state index contributed by atoms with van der Waals surface area (Å²) in [5.41, 5.74) is 5.04. The number of hydrogen-bond acceptors (Lipinski definition) is 5. The van der Waals surface area contributed by atoms with Crippen LogP contribution in [0, 0.1) is 0 Å². The van der Waals surface area contributed by atoms with Crippen molar-refractivity contribution in [2.75, 3.05) is 6.54 Å². The molecule has 0 saturated carbocycles. The van der Waals surface area contributed by atoms with Crippen LogP contribution in [0.1, 0.15) is 15.8 Å². The second-order valence-corrected chi connectivity index (χ2v) is 6.64. The van der Waals surface area contributed by atoms with E-state index in [1.54, 1.807) is 11.3 Å². The summed E-state index contributed by atoms with van der Waals surface area (Å²) >= 11 is 9.01. The minimum atomic E-state index is -1.20. The molecule has 2 aromatic rings. The van der Waals surface area contributed by atoms with Crippen LogP contribution in [0.4, 0.5) is 0 Å². The van der Waals surface area contributed by atoms with Crippen LogP contribution in [0.5, 0.6) is 0 Å². The third-order valence-electron chi connectivity index (χ3n) is 2.55. The molecule has 0 radical (unpaired) electrons. The van der Waals surface area contributed by atoms with Crippen molar-refractivity contribution in [1.82, 2.24) is 5.32 Å². The summed E-state index contributed by atoms with van der Waals surface area (Å²) in [4.78, 5) is 13.0. The topological polar surface area (TPSA) is 75.4 Å². The number of nitrogens with one attached hydrogen (secondary N) is 1. The maximum Gasteiger partial charge on any atom is 0.247 e. The Balaban J connectivity index is 2.14. The second-order valence-electron chi connectivity index (χ2n) is 3.92. The molecular weight excluding hydrogens is 304 g/mol. The lowest BCUT2D eigenvalue weighted by Gasteiger charge is -2.17. The van der Waals surface area contributed by atoms with Crippen molar-refractivity contribution in [2.24, 2.45) is 5.73 Å². The van der Waals surface area contributed by atoms with Gasteiger partial charge in [-0.05, 0) is 23.6 Å². The minimum Gasteiger partial charge on any atom is -0.382 e. The molecule has 4 nitrogen and oxygen atoms in total. The van der Waals surface area contributed by atoms with E-state index in [-0.39, 0.29) is 12.6 Å². The van der Waals surface area contributed by atoms with E-state index in [1.807, 2.05) is 29.6 Å². The van der Waals surface area contributed by atoms with Crippen LogP contribution in [0.2, 0.25) is 4.34 Å². The van der Waals surface area contributed by atoms with Crippen molar-refractivity contribution >= 4 is 40.2 Å². The fraction of sp³-hybridized carbons (Fsp3) is 0.250. The SMILES string of the molecule is NC(=O)C(O)CNC(c1cccs1)c1ccc(Cl)s1. The van der Waals surface area contributed by atoms with E-state index in [0.29, 0.717) is 4.34 Å². The van der Waals surface area contributed by atoms with Crippen molar-refractivity contribution in [1.29, 1.82) is 0 Å². The zero-order valence-corrected chi connectivity index (χ0v) is 12.3. The summed E-state index contributed by atoms with van der Waals surface area (Å²) < 4.78 is 0.703. The lowest BCUT2D eigenvalue weighted by atomic mass is 10.2. The predicted molar refractivity (Wildman–Crippen MR) is 78.7 cm³/mol. The quantitative estimate of drug-likeness (QED) is 0.763. The predicted octanol–water partition coefficient (Wildman–Crippen LogP) is 1.99. The monoisotopic (exact) mass is 316 g/mol. The highest BCUT2D eigenvalue weighted by atomic mass is 35.5. The highest BCUT2D eigenvalue weighted by molar-refractivity contribution is 7.16. The van der Waals surface area contributed by atoms with Crippen molar-refractivity contribution in [3.05, 3.63) is 43.7 Å². The maximum absolute atomic E-state index is 10.9. The first-order valence-corrected chi connectivity index (χ1v) is 7.64. The van der Waals surface area contributed by atoms with E-state index in [1.165, 1.54) is 11.3 Å². The van der Waals surface area contributed by atoms with E-state index < -0.39 is 12.0 Å². The van der Waals surface area contributed by atoms with E-state index in [0.717, 1.165) is 9.75 Å². The first kappa shape index (κ1) is 14.5. The van der Waals surface area contributed by atoms with Gasteiger partial charge in [0.1, 0.15) is 6.10 Å². The number of aliphatic hydroxyl groups excluding tert-OH is 1. The molecule has 0 aromatic carbocycles. The highest BCUT2D eigenvalue weighted by Gasteiger charge is 2.19. The number of rotatable bonds is 6. The number of primary amides is 1. The maximum atomic E-state index is 10.9. The van der Waals surface area contributed by atoms with Gasteiger partial charge in [0.25, 0.3) is 0 Å². The van der Waals surface area contributed by atoms with Gasteiger partial charge < -0.3 is 16.2 Å². The van der Waals surface area contributed by atoms with Crippen LogP contribution in [0.15, 0.2) is 29.6 Å². The highest BCUT2D eigenvalue weighted by Crippen LogP contribution is 2.32. The van der Waals surface area contributed by atoms with Crippen molar-refractivity contribution in [2.45, 2.75) is 12.1 Å². The average molecular weight is 317 g/mol. The molecule has 0 aliphatic carbocycles. The van der Waals surface area contributed by atoms with Crippen LogP contribution in [-0.2, 0) is 4.79 Å². The fourth-order valence-electron chi connectivity index (χ4n) is 1.61. The summed E-state index contributed by atoms with van der Waals surface area (Å²) in [5, 5.41) is 14.6. The molecule has 0 fully saturated rings. The van der Waals surface area contributed by atoms with E-state index in [4.69, 9.17) is 17.3 Å². The summed E-state index contributed by atoms with van der Waals surface area (Å²) in [6.07, 6.45) is -1.20. The molecule has 2 aromatic heterocycles. The molecule has 4 N–H and O–H groups in total. The summed E-state index contributed by atoms with van der Waals surface area (Å²) in [6.45, 7) is 0.105. The van der Waals surface area contributed by atoms with Gasteiger partial charge in [0.05, 0.1) is 10.4 Å². The Morgan fingerprint density at radius 1 is 1.42 bits per heavy atom. The van der Waals surface area contributed by atoms with Crippen molar-refractivity contribution < 1.29 is 9.90 Å². The van der Waals surface area contributed by atoms with Crippen LogP contribution in [0.3, 0.4) is 0 Å². The van der Waals surface area contributed by atoms with Gasteiger partial charge >= 0.3 is 0 Å². The largest absolute Gasteiger partial charge is 0.382 e. The number of nitrogens with two attached hydrogens (primary N) is 1. The number of carbonyl (C=O) groups is 1. The normalized spacial score (nSPS) is 14.2. The minimum absolute atomic E-state index is 0.0912. The number of thiophene rings is 2. The molecule has 1 amide bonds. The summed E-state index contributed by atoms with van der Waals surface area (Å²) in [7, 11) is 0. The van der Waals surface area contributed by atoms with Crippen LogP contribution < -0.4 is 11.1 Å². The van der Waals surface area contributed by atoms with E-state index in [9.17, 15) is 9.90 Å². The number of amides is 1. The lowest BCUT2D eigenvalue weighted by molar-refractivity contribution is -0.125. The third-order valence-corrected chi connectivity index (χ3v) is 4.78. The third kappa shape index (κ3) is 3.77. The van der Waals surface area contributed by atoms with Gasteiger partial charge in [0, 0.05) is 16.3 Å². The van der Waals surface area contributed by atoms with Crippen LogP contribution in [0.25, 0.3) is 0 Å². The molecule has 0 aliphatic heterocycles. The van der Waals surface area contributed by atoms with Crippen molar-refractivity contribution in [3.63, 3.8) is 0 Å². The average Bonchev–Trinajstić information content (AvgIpc) is 3.01. The molecule has 2 unspecified atom stereocenters. The first-order chi connectivity index (χ1) is 9.08. The summed E-state index contributed by atoms with van der Waals surface area (Å²) in [5.74, 6) is -0.735. The van der Waals surface area contributed by atoms with E-state index in [2.05, 4.69) is 5.32 Å². The molecule has 0 aliphatic rings. The standard InChI is InChI=1S/C12H13ClN2O2S2/c13-10-4-3-9(19-10)11(8-2-1-5-18-8)15-6-7(16)12(14)17/h1-5,7,11,15-16H,6H2,(H2,14,17). The molecule has 7 heteroatoms. The molecule has 2 heterocycles. The number of aliphatic hydroxyl groups is 1. The first-order valence-electron chi connectivity index (χ1n) is 5.57. The molecule has 19 heavy (non-hydrogen) atoms. The van der Waals surface area contributed by atoms with Crippen molar-refractivity contribution in [3.8, 4) is 0 Å². The Morgan fingerprint density at radius 2 is 2.21 bits per heavy atom. The van der Waals surface area contributed by atoms with Gasteiger partial charge in [-0.2, -0.15) is 0 Å². The number of halogens is 1. The zero-order valence-electron chi connectivity index (χ0n) is 9.88. The van der Waals surface area contributed by atoms with Gasteiger partial charge in [-0.15, -0.1) is 22.7 Å². The molecule has 102 valence electrons. The molecule has 2 atom stereocenters. The smallest absolute Gasteiger partial charge is 0.247 e. The molecule has 0 bridgehead atoms. The molecule has 0 spiro atoms. The Labute approximate surface area is 123 Å². The van der Waals surface area contributed by atoms with E-state index >= 15 is 0 Å². The Bertz CT molecular complexity index is 542. The molecule has 2 rings (SSSR count). The molecular formula is C12H13ClN2O2S2. The molecule has 0 saturated heterocycles. The Morgan fingerprint density at radius 3 is 2.74 bits per heavy atom. The Kier molecular flexibility index (Phi) is 4.95. The second kappa shape index (κ2) is 6.49. The summed E-state index contributed by atoms with van der Waals surface area (Å²) in [6, 6.07) is 7.61. The zero-order chi connectivity index (χ0) is 13.8.